The fourth-order valence-corrected chi connectivity index (χ4v) is 4.70. The standard InChI is InChI=1S/C28H24N8O2/c1-19-30-26-25(27(37)34(28(38)31-26)16-15-20-7-3-2-4-8-20)35(19)17-21-11-13-22(14-12-21)23-9-5-6-10-24(23)36-18-29-32-33-36/h2-14,18H,15-17H2,1H3,(H,31,38). The molecule has 6 rings (SSSR count). The maximum absolute atomic E-state index is 13.4. The number of rotatable bonds is 7. The number of para-hydroxylation sites is 1. The minimum Gasteiger partial charge on any atom is -0.318 e. The summed E-state index contributed by atoms with van der Waals surface area (Å²) in [5.41, 5.74) is 4.85. The molecule has 0 saturated carbocycles. The molecule has 3 heterocycles. The van der Waals surface area contributed by atoms with Crippen LogP contribution in [0.1, 0.15) is 17.0 Å². The molecule has 0 fully saturated rings. The Bertz CT molecular complexity index is 1830. The lowest BCUT2D eigenvalue weighted by Gasteiger charge is -2.11. The van der Waals surface area contributed by atoms with Gasteiger partial charge < -0.3 is 4.57 Å². The van der Waals surface area contributed by atoms with E-state index in [1.54, 1.807) is 11.0 Å². The fraction of sp³-hybridized carbons (Fsp3) is 0.143. The second kappa shape index (κ2) is 9.74. The molecule has 0 aliphatic carbocycles. The third-order valence-corrected chi connectivity index (χ3v) is 6.65. The van der Waals surface area contributed by atoms with E-state index in [0.29, 0.717) is 30.0 Å². The van der Waals surface area contributed by atoms with E-state index in [0.717, 1.165) is 27.9 Å². The number of fused-ring (bicyclic) bond motifs is 1. The number of nitrogens with one attached hydrogen (secondary N) is 1. The first kappa shape index (κ1) is 23.3. The van der Waals surface area contributed by atoms with Gasteiger partial charge in [0.25, 0.3) is 5.56 Å². The van der Waals surface area contributed by atoms with Gasteiger partial charge >= 0.3 is 5.69 Å². The molecule has 10 nitrogen and oxygen atoms in total. The first-order valence-electron chi connectivity index (χ1n) is 12.2. The molecule has 38 heavy (non-hydrogen) atoms. The van der Waals surface area contributed by atoms with E-state index in [1.165, 1.54) is 4.57 Å². The molecule has 0 atom stereocenters. The van der Waals surface area contributed by atoms with Crippen molar-refractivity contribution < 1.29 is 0 Å². The van der Waals surface area contributed by atoms with Gasteiger partial charge in [0.05, 0.1) is 5.69 Å². The van der Waals surface area contributed by atoms with Crippen molar-refractivity contribution in [2.75, 3.05) is 0 Å². The second-order valence-corrected chi connectivity index (χ2v) is 9.03. The molecule has 0 aliphatic heterocycles. The van der Waals surface area contributed by atoms with Crippen LogP contribution in [0.5, 0.6) is 0 Å². The van der Waals surface area contributed by atoms with Crippen LogP contribution in [0.25, 0.3) is 28.0 Å². The smallest absolute Gasteiger partial charge is 0.318 e. The topological polar surface area (TPSA) is 116 Å². The Balaban J connectivity index is 1.31. The molecule has 0 saturated heterocycles. The largest absolute Gasteiger partial charge is 0.330 e. The number of H-pyrrole nitrogens is 1. The summed E-state index contributed by atoms with van der Waals surface area (Å²) in [5.74, 6) is 0.654. The summed E-state index contributed by atoms with van der Waals surface area (Å²) in [6.07, 6.45) is 2.15. The molecule has 1 N–H and O–H groups in total. The third-order valence-electron chi connectivity index (χ3n) is 6.65. The van der Waals surface area contributed by atoms with Crippen LogP contribution in [0.3, 0.4) is 0 Å². The molecule has 0 amide bonds. The summed E-state index contributed by atoms with van der Waals surface area (Å²) in [6, 6.07) is 25.8. The number of hydrogen-bond donors (Lipinski definition) is 1. The molecule has 3 aromatic heterocycles. The van der Waals surface area contributed by atoms with Crippen LogP contribution >= 0.6 is 0 Å². The Morgan fingerprint density at radius 2 is 1.61 bits per heavy atom. The van der Waals surface area contributed by atoms with E-state index in [1.807, 2.05) is 90.4 Å². The number of tetrazole rings is 1. The normalized spacial score (nSPS) is 11.3. The minimum atomic E-state index is -0.450. The SMILES string of the molecule is Cc1nc2[nH]c(=O)n(CCc3ccccc3)c(=O)c2n1Cc1ccc(-c2ccccc2-n2cnnn2)cc1. The Morgan fingerprint density at radius 3 is 2.37 bits per heavy atom. The molecule has 0 aliphatic rings. The number of benzene rings is 3. The van der Waals surface area contributed by atoms with E-state index in [9.17, 15) is 9.59 Å². The Morgan fingerprint density at radius 1 is 0.842 bits per heavy atom. The highest BCUT2D eigenvalue weighted by atomic mass is 16.2. The Kier molecular flexibility index (Phi) is 5.97. The molecule has 0 spiro atoms. The second-order valence-electron chi connectivity index (χ2n) is 9.03. The van der Waals surface area contributed by atoms with Crippen LogP contribution < -0.4 is 11.2 Å². The summed E-state index contributed by atoms with van der Waals surface area (Å²) < 4.78 is 4.75. The molecule has 0 radical (unpaired) electrons. The van der Waals surface area contributed by atoms with Crippen molar-refractivity contribution in [3.63, 3.8) is 0 Å². The third kappa shape index (κ3) is 4.32. The molecule has 3 aromatic carbocycles. The van der Waals surface area contributed by atoms with E-state index >= 15 is 0 Å². The van der Waals surface area contributed by atoms with Crippen molar-refractivity contribution in [1.29, 1.82) is 0 Å². The maximum Gasteiger partial charge on any atom is 0.330 e. The van der Waals surface area contributed by atoms with Gasteiger partial charge in [-0.15, -0.1) is 5.10 Å². The summed E-state index contributed by atoms with van der Waals surface area (Å²) in [7, 11) is 0. The first-order chi connectivity index (χ1) is 18.6. The minimum absolute atomic E-state index is 0.285. The summed E-state index contributed by atoms with van der Waals surface area (Å²) in [6.45, 7) is 2.56. The zero-order valence-corrected chi connectivity index (χ0v) is 20.7. The van der Waals surface area contributed by atoms with Crippen LogP contribution in [0, 0.1) is 6.92 Å². The van der Waals surface area contributed by atoms with Crippen LogP contribution in [-0.2, 0) is 19.5 Å². The monoisotopic (exact) mass is 504 g/mol. The summed E-state index contributed by atoms with van der Waals surface area (Å²) >= 11 is 0. The average Bonchev–Trinajstić information content (AvgIpc) is 3.58. The number of aromatic nitrogens is 8. The average molecular weight is 505 g/mol. The van der Waals surface area contributed by atoms with E-state index in [2.05, 4.69) is 25.5 Å². The van der Waals surface area contributed by atoms with Crippen LogP contribution in [0.2, 0.25) is 0 Å². The van der Waals surface area contributed by atoms with Gasteiger partial charge in [-0.25, -0.2) is 9.78 Å². The van der Waals surface area contributed by atoms with Crippen LogP contribution in [0.15, 0.2) is 94.8 Å². The number of nitrogens with zero attached hydrogens (tertiary/aromatic N) is 7. The van der Waals surface area contributed by atoms with E-state index in [-0.39, 0.29) is 12.1 Å². The Labute approximate surface area is 216 Å². The van der Waals surface area contributed by atoms with Gasteiger partial charge in [0.1, 0.15) is 12.2 Å². The number of aromatic amines is 1. The van der Waals surface area contributed by atoms with Gasteiger partial charge in [-0.1, -0.05) is 72.8 Å². The van der Waals surface area contributed by atoms with E-state index < -0.39 is 5.69 Å². The molecule has 0 unspecified atom stereocenters. The van der Waals surface area contributed by atoms with Gasteiger partial charge in [-0.3, -0.25) is 14.3 Å². The van der Waals surface area contributed by atoms with Gasteiger partial charge in [0, 0.05) is 18.7 Å². The number of aryl methyl sites for hydroxylation is 2. The molecular formula is C28H24N8O2. The van der Waals surface area contributed by atoms with Crippen LogP contribution in [-0.4, -0.2) is 39.3 Å². The highest BCUT2D eigenvalue weighted by Crippen LogP contribution is 2.26. The zero-order valence-electron chi connectivity index (χ0n) is 20.7. The number of hydrogen-bond acceptors (Lipinski definition) is 6. The molecular weight excluding hydrogens is 480 g/mol. The highest BCUT2D eigenvalue weighted by Gasteiger charge is 2.17. The lowest BCUT2D eigenvalue weighted by atomic mass is 10.0. The first-order valence-corrected chi connectivity index (χ1v) is 12.2. The predicted molar refractivity (Wildman–Crippen MR) is 143 cm³/mol. The molecule has 10 heteroatoms. The van der Waals surface area contributed by atoms with Crippen molar-refractivity contribution in [2.45, 2.75) is 26.4 Å². The summed E-state index contributed by atoms with van der Waals surface area (Å²) in [4.78, 5) is 33.4. The highest BCUT2D eigenvalue weighted by molar-refractivity contribution is 5.73. The summed E-state index contributed by atoms with van der Waals surface area (Å²) in [5, 5.41) is 11.5. The lowest BCUT2D eigenvalue weighted by Crippen LogP contribution is -2.36. The van der Waals surface area contributed by atoms with Crippen molar-refractivity contribution in [3.05, 3.63) is 123 Å². The lowest BCUT2D eigenvalue weighted by molar-refractivity contribution is 0.631. The van der Waals surface area contributed by atoms with Crippen molar-refractivity contribution in [1.82, 2.24) is 39.3 Å². The molecule has 6 aromatic rings. The van der Waals surface area contributed by atoms with Crippen LogP contribution in [0.4, 0.5) is 0 Å². The Hall–Kier alpha value is -5.12. The van der Waals surface area contributed by atoms with Gasteiger partial charge in [0.15, 0.2) is 11.2 Å². The molecule has 0 bridgehead atoms. The van der Waals surface area contributed by atoms with Gasteiger partial charge in [-0.05, 0) is 46.5 Å². The van der Waals surface area contributed by atoms with Crippen molar-refractivity contribution in [2.24, 2.45) is 0 Å². The molecule has 188 valence electrons. The quantitative estimate of drug-likeness (QED) is 0.357. The van der Waals surface area contributed by atoms with E-state index in [4.69, 9.17) is 0 Å². The van der Waals surface area contributed by atoms with Crippen molar-refractivity contribution >= 4 is 11.2 Å². The van der Waals surface area contributed by atoms with Crippen molar-refractivity contribution in [3.8, 4) is 16.8 Å². The van der Waals surface area contributed by atoms with Gasteiger partial charge in [0.2, 0.25) is 0 Å². The predicted octanol–water partition coefficient (Wildman–Crippen LogP) is 3.13. The van der Waals surface area contributed by atoms with Gasteiger partial charge in [-0.2, -0.15) is 4.68 Å². The number of imidazole rings is 1. The maximum atomic E-state index is 13.4. The zero-order chi connectivity index (χ0) is 26.1. The fourth-order valence-electron chi connectivity index (χ4n) is 4.70.